The molecule has 7 rings (SSSR count). The number of hydrogen-bond donors (Lipinski definition) is 0. The predicted molar refractivity (Wildman–Crippen MR) is 147 cm³/mol. The predicted octanol–water partition coefficient (Wildman–Crippen LogP) is 4.50. The van der Waals surface area contributed by atoms with E-state index in [0.29, 0.717) is 5.30 Å². The maximum atomic E-state index is 15.1. The maximum Gasteiger partial charge on any atom is 0.310 e. The zero-order chi connectivity index (χ0) is 26.4. The number of carbonyl (C=O) groups is 2. The van der Waals surface area contributed by atoms with Crippen LogP contribution in [0, 0.1) is 11.8 Å². The Morgan fingerprint density at radius 2 is 0.974 bits per heavy atom. The molecule has 0 radical (unpaired) electrons. The van der Waals surface area contributed by atoms with Crippen LogP contribution in [0.1, 0.15) is 34.1 Å². The molecule has 0 saturated heterocycles. The van der Waals surface area contributed by atoms with E-state index in [1.807, 2.05) is 103 Å². The van der Waals surface area contributed by atoms with Gasteiger partial charge in [0.1, 0.15) is 0 Å². The highest BCUT2D eigenvalue weighted by molar-refractivity contribution is 7.85. The number of carbonyl (C=O) groups excluding carboxylic acids is 2. The van der Waals surface area contributed by atoms with Gasteiger partial charge in [-0.1, -0.05) is 97.1 Å². The summed E-state index contributed by atoms with van der Waals surface area (Å²) in [5, 5.41) is 2.17. The Morgan fingerprint density at radius 3 is 1.45 bits per heavy atom. The Kier molecular flexibility index (Phi) is 6.04. The van der Waals surface area contributed by atoms with Crippen LogP contribution in [0.5, 0.6) is 0 Å². The molecule has 0 spiro atoms. The molecule has 4 aromatic rings. The third-order valence-electron chi connectivity index (χ3n) is 8.06. The number of esters is 2. The summed E-state index contributed by atoms with van der Waals surface area (Å²) < 4.78 is 25.5. The fraction of sp³-hybridized carbons (Fsp3) is 0.188. The molecule has 38 heavy (non-hydrogen) atoms. The summed E-state index contributed by atoms with van der Waals surface area (Å²) in [5.74, 6) is -3.13. The fourth-order valence-electron chi connectivity index (χ4n) is 6.47. The summed E-state index contributed by atoms with van der Waals surface area (Å²) in [4.78, 5) is 26.4. The molecule has 190 valence electrons. The molecule has 3 aliphatic carbocycles. The standard InChI is InChI=1S/C32H27O5P/c1-36-31(33)29-27-23-15-9-10-16-24(23)28(30(29)32(34)37-2)26-19-22(17-18-25(26)27)38(35,20-11-5-3-6-12-20)21-13-7-4-8-14-21/h3-19,27-30H,1-2H3. The van der Waals surface area contributed by atoms with Gasteiger partial charge in [-0.15, -0.1) is 0 Å². The maximum absolute atomic E-state index is 15.1. The van der Waals surface area contributed by atoms with Crippen LogP contribution >= 0.6 is 7.14 Å². The quantitative estimate of drug-likeness (QED) is 0.285. The highest BCUT2D eigenvalue weighted by atomic mass is 31.2. The molecular weight excluding hydrogens is 495 g/mol. The lowest BCUT2D eigenvalue weighted by atomic mass is 9.54. The van der Waals surface area contributed by atoms with Gasteiger partial charge in [-0.25, -0.2) is 0 Å². The molecule has 4 aromatic carbocycles. The average Bonchev–Trinajstić information content (AvgIpc) is 3.00. The van der Waals surface area contributed by atoms with Crippen molar-refractivity contribution in [2.75, 3.05) is 14.2 Å². The summed E-state index contributed by atoms with van der Waals surface area (Å²) >= 11 is 0. The molecule has 0 fully saturated rings. The van der Waals surface area contributed by atoms with Crippen LogP contribution < -0.4 is 15.9 Å². The number of benzene rings is 4. The van der Waals surface area contributed by atoms with E-state index in [9.17, 15) is 9.59 Å². The van der Waals surface area contributed by atoms with Gasteiger partial charge in [-0.05, 0) is 28.3 Å². The largest absolute Gasteiger partial charge is 0.469 e. The first-order valence-corrected chi connectivity index (χ1v) is 14.3. The Labute approximate surface area is 221 Å². The first-order valence-electron chi connectivity index (χ1n) is 12.6. The first-order chi connectivity index (χ1) is 18.5. The number of ether oxygens (including phenoxy) is 2. The van der Waals surface area contributed by atoms with E-state index in [4.69, 9.17) is 9.47 Å². The van der Waals surface area contributed by atoms with Crippen molar-refractivity contribution in [3.05, 3.63) is 125 Å². The Hall–Kier alpha value is -3.95. The number of fused-ring (bicyclic) bond motifs is 1. The Balaban J connectivity index is 1.61. The first kappa shape index (κ1) is 24.4. The summed E-state index contributed by atoms with van der Waals surface area (Å²) in [7, 11) is -0.527. The zero-order valence-electron chi connectivity index (χ0n) is 21.1. The Morgan fingerprint density at radius 1 is 0.553 bits per heavy atom. The normalized spacial score (nSPS) is 21.2. The molecular formula is C32H27O5P. The van der Waals surface area contributed by atoms with Gasteiger partial charge in [0.2, 0.25) is 0 Å². The molecule has 0 aromatic heterocycles. The molecule has 0 heterocycles. The van der Waals surface area contributed by atoms with Gasteiger partial charge in [-0.3, -0.25) is 9.59 Å². The third-order valence-corrected chi connectivity index (χ3v) is 11.1. The van der Waals surface area contributed by atoms with Crippen molar-refractivity contribution in [1.82, 2.24) is 0 Å². The van der Waals surface area contributed by atoms with Crippen molar-refractivity contribution < 1.29 is 23.6 Å². The lowest BCUT2D eigenvalue weighted by Crippen LogP contribution is -2.48. The van der Waals surface area contributed by atoms with Crippen LogP contribution in [0.15, 0.2) is 103 Å². The monoisotopic (exact) mass is 522 g/mol. The van der Waals surface area contributed by atoms with Gasteiger partial charge in [0.25, 0.3) is 0 Å². The van der Waals surface area contributed by atoms with E-state index in [-0.39, 0.29) is 5.92 Å². The van der Waals surface area contributed by atoms with E-state index >= 15 is 4.57 Å². The smallest absolute Gasteiger partial charge is 0.310 e. The minimum Gasteiger partial charge on any atom is -0.469 e. The molecule has 2 bridgehead atoms. The lowest BCUT2D eigenvalue weighted by Gasteiger charge is -2.48. The molecule has 0 N–H and O–H groups in total. The number of rotatable bonds is 5. The van der Waals surface area contributed by atoms with Crippen molar-refractivity contribution in [3.8, 4) is 0 Å². The molecule has 6 heteroatoms. The van der Waals surface area contributed by atoms with Crippen molar-refractivity contribution in [2.24, 2.45) is 11.8 Å². The van der Waals surface area contributed by atoms with E-state index in [1.54, 1.807) is 0 Å². The van der Waals surface area contributed by atoms with Crippen molar-refractivity contribution in [1.29, 1.82) is 0 Å². The van der Waals surface area contributed by atoms with Crippen LogP contribution in [0.25, 0.3) is 0 Å². The molecule has 0 aliphatic heterocycles. The van der Waals surface area contributed by atoms with Crippen molar-refractivity contribution in [2.45, 2.75) is 11.8 Å². The summed E-state index contributed by atoms with van der Waals surface area (Å²) in [5.41, 5.74) is 3.88. The summed E-state index contributed by atoms with van der Waals surface area (Å²) in [6.07, 6.45) is 0. The summed E-state index contributed by atoms with van der Waals surface area (Å²) in [6, 6.07) is 32.9. The summed E-state index contributed by atoms with van der Waals surface area (Å²) in [6.45, 7) is 0. The van der Waals surface area contributed by atoms with Gasteiger partial charge in [0, 0.05) is 27.7 Å². The third kappa shape index (κ3) is 3.49. The van der Waals surface area contributed by atoms with Crippen LogP contribution in [0.3, 0.4) is 0 Å². The number of hydrogen-bond acceptors (Lipinski definition) is 5. The van der Waals surface area contributed by atoms with Crippen LogP contribution in [-0.4, -0.2) is 26.2 Å². The lowest BCUT2D eigenvalue weighted by molar-refractivity contribution is -0.160. The van der Waals surface area contributed by atoms with E-state index in [1.165, 1.54) is 14.2 Å². The topological polar surface area (TPSA) is 69.7 Å². The van der Waals surface area contributed by atoms with E-state index in [0.717, 1.165) is 32.9 Å². The molecule has 3 aliphatic rings. The molecule has 0 saturated carbocycles. The van der Waals surface area contributed by atoms with Gasteiger partial charge < -0.3 is 14.0 Å². The van der Waals surface area contributed by atoms with Crippen molar-refractivity contribution >= 4 is 35.0 Å². The highest BCUT2D eigenvalue weighted by Crippen LogP contribution is 2.59. The highest BCUT2D eigenvalue weighted by Gasteiger charge is 2.56. The molecule has 4 atom stereocenters. The average molecular weight is 523 g/mol. The second-order valence-electron chi connectivity index (χ2n) is 9.78. The van der Waals surface area contributed by atoms with E-state index in [2.05, 4.69) is 0 Å². The molecule has 4 unspecified atom stereocenters. The minimum atomic E-state index is -3.23. The minimum absolute atomic E-state index is 0.371. The van der Waals surface area contributed by atoms with Crippen LogP contribution in [0.2, 0.25) is 0 Å². The van der Waals surface area contributed by atoms with Crippen molar-refractivity contribution in [3.63, 3.8) is 0 Å². The van der Waals surface area contributed by atoms with Gasteiger partial charge in [0.05, 0.1) is 26.1 Å². The van der Waals surface area contributed by atoms with Crippen LogP contribution in [-0.2, 0) is 23.6 Å². The van der Waals surface area contributed by atoms with E-state index < -0.39 is 36.8 Å². The zero-order valence-corrected chi connectivity index (χ0v) is 22.0. The Bertz CT molecular complexity index is 1540. The second kappa shape index (κ2) is 9.41. The fourth-order valence-corrected chi connectivity index (χ4v) is 9.16. The molecule has 0 amide bonds. The molecule has 5 nitrogen and oxygen atoms in total. The van der Waals surface area contributed by atoms with Gasteiger partial charge >= 0.3 is 11.9 Å². The number of methoxy groups -OCH3 is 2. The second-order valence-corrected chi connectivity index (χ2v) is 12.5. The van der Waals surface area contributed by atoms with Gasteiger partial charge in [0.15, 0.2) is 7.14 Å². The van der Waals surface area contributed by atoms with Crippen LogP contribution in [0.4, 0.5) is 0 Å². The SMILES string of the molecule is COC(=O)C1C2c3ccccc3C(c3cc(P(=O)(c4ccccc4)c4ccccc4)ccc32)C1C(=O)OC. The van der Waals surface area contributed by atoms with Gasteiger partial charge in [-0.2, -0.15) is 0 Å².